The Hall–Kier alpha value is -0.450. The molecule has 0 aromatic carbocycles. The molecule has 0 amide bonds. The van der Waals surface area contributed by atoms with Crippen molar-refractivity contribution in [3.8, 4) is 0 Å². The Bertz CT molecular complexity index is 397. The highest BCUT2D eigenvalue weighted by Gasteiger charge is 2.34. The van der Waals surface area contributed by atoms with Gasteiger partial charge in [0.25, 0.3) is 0 Å². The van der Waals surface area contributed by atoms with Crippen LogP contribution in [-0.4, -0.2) is 46.5 Å². The summed E-state index contributed by atoms with van der Waals surface area (Å²) in [6, 6.07) is 1.60. The van der Waals surface area contributed by atoms with Gasteiger partial charge in [-0.2, -0.15) is 0 Å². The van der Waals surface area contributed by atoms with Gasteiger partial charge in [0.2, 0.25) is 0 Å². The number of aromatic nitrogens is 1. The fourth-order valence-corrected chi connectivity index (χ4v) is 3.86. The van der Waals surface area contributed by atoms with Gasteiger partial charge in [0, 0.05) is 37.1 Å². The van der Waals surface area contributed by atoms with Crippen molar-refractivity contribution in [2.24, 2.45) is 0 Å². The topological polar surface area (TPSA) is 19.4 Å². The van der Waals surface area contributed by atoms with Crippen molar-refractivity contribution >= 4 is 11.3 Å². The normalized spacial score (nSPS) is 27.3. The van der Waals surface area contributed by atoms with E-state index in [1.54, 1.807) is 11.3 Å². The molecule has 1 atom stereocenters. The molecule has 3 heterocycles. The van der Waals surface area contributed by atoms with Crippen molar-refractivity contribution in [3.63, 3.8) is 0 Å². The molecule has 2 aliphatic rings. The van der Waals surface area contributed by atoms with Gasteiger partial charge in [0.05, 0.1) is 10.7 Å². The number of likely N-dealkylation sites (tertiary alicyclic amines) is 2. The first kappa shape index (κ1) is 12.6. The second kappa shape index (κ2) is 5.27. The highest BCUT2D eigenvalue weighted by Crippen LogP contribution is 2.25. The lowest BCUT2D eigenvalue weighted by molar-refractivity contribution is -0.00667. The lowest BCUT2D eigenvalue weighted by Crippen LogP contribution is -2.61. The van der Waals surface area contributed by atoms with Crippen LogP contribution in [-0.2, 0) is 6.54 Å². The van der Waals surface area contributed by atoms with Gasteiger partial charge in [-0.15, -0.1) is 11.3 Å². The second-order valence-corrected chi connectivity index (χ2v) is 6.85. The maximum atomic E-state index is 4.55. The smallest absolute Gasteiger partial charge is 0.0897 e. The van der Waals surface area contributed by atoms with Gasteiger partial charge in [0.15, 0.2) is 0 Å². The molecule has 1 aromatic rings. The number of rotatable bonds is 3. The number of thiazole rings is 1. The fraction of sp³-hybridized carbons (Fsp3) is 0.786. The summed E-state index contributed by atoms with van der Waals surface area (Å²) >= 11 is 1.76. The molecule has 0 bridgehead atoms. The Morgan fingerprint density at radius 3 is 2.89 bits per heavy atom. The average Bonchev–Trinajstić information content (AvgIpc) is 2.70. The van der Waals surface area contributed by atoms with Crippen molar-refractivity contribution < 1.29 is 0 Å². The molecule has 2 aliphatic heterocycles. The molecule has 4 heteroatoms. The molecule has 3 nitrogen and oxygen atoms in total. The quantitative estimate of drug-likeness (QED) is 0.837. The molecule has 2 fully saturated rings. The molecule has 0 unspecified atom stereocenters. The lowest BCUT2D eigenvalue weighted by Gasteiger charge is -2.49. The van der Waals surface area contributed by atoms with E-state index in [2.05, 4.69) is 34.0 Å². The molecule has 0 N–H and O–H groups in total. The highest BCUT2D eigenvalue weighted by atomic mass is 32.1. The van der Waals surface area contributed by atoms with Gasteiger partial charge in [0.1, 0.15) is 0 Å². The minimum Gasteiger partial charge on any atom is -0.295 e. The highest BCUT2D eigenvalue weighted by molar-refractivity contribution is 7.09. The molecule has 0 saturated carbocycles. The van der Waals surface area contributed by atoms with Crippen LogP contribution < -0.4 is 0 Å². The number of piperidine rings is 1. The molecule has 2 saturated heterocycles. The second-order valence-electron chi connectivity index (χ2n) is 5.79. The van der Waals surface area contributed by atoms with E-state index in [0.29, 0.717) is 0 Å². The molecule has 1 aromatic heterocycles. The molecule has 100 valence electrons. The van der Waals surface area contributed by atoms with E-state index in [1.807, 2.05) is 0 Å². The van der Waals surface area contributed by atoms with E-state index in [9.17, 15) is 0 Å². The van der Waals surface area contributed by atoms with Crippen LogP contribution in [0.4, 0.5) is 0 Å². The lowest BCUT2D eigenvalue weighted by atomic mass is 9.97. The van der Waals surface area contributed by atoms with Crippen LogP contribution in [0.15, 0.2) is 5.38 Å². The van der Waals surface area contributed by atoms with Gasteiger partial charge in [-0.25, -0.2) is 4.98 Å². The largest absolute Gasteiger partial charge is 0.295 e. The van der Waals surface area contributed by atoms with Crippen molar-refractivity contribution in [3.05, 3.63) is 16.1 Å². The summed E-state index contributed by atoms with van der Waals surface area (Å²) in [7, 11) is 0. The first-order chi connectivity index (χ1) is 8.72. The predicted octanol–water partition coefficient (Wildman–Crippen LogP) is 2.51. The van der Waals surface area contributed by atoms with Gasteiger partial charge in [-0.3, -0.25) is 9.80 Å². The Balaban J connectivity index is 1.48. The van der Waals surface area contributed by atoms with Crippen LogP contribution in [0.3, 0.4) is 0 Å². The van der Waals surface area contributed by atoms with Crippen LogP contribution in [0.2, 0.25) is 0 Å². The number of aryl methyl sites for hydroxylation is 1. The van der Waals surface area contributed by atoms with Crippen molar-refractivity contribution in [1.82, 2.24) is 14.8 Å². The van der Waals surface area contributed by atoms with E-state index in [4.69, 9.17) is 0 Å². The van der Waals surface area contributed by atoms with Gasteiger partial charge in [-0.05, 0) is 33.2 Å². The SMILES string of the molecule is Cc1nc(CN2CC(N3CCCC[C@@H]3C)C2)cs1. The summed E-state index contributed by atoms with van der Waals surface area (Å²) < 4.78 is 0. The average molecular weight is 265 g/mol. The summed E-state index contributed by atoms with van der Waals surface area (Å²) in [5.41, 5.74) is 1.25. The fourth-order valence-electron chi connectivity index (χ4n) is 3.25. The third-order valence-corrected chi connectivity index (χ3v) is 5.14. The number of hydrogen-bond acceptors (Lipinski definition) is 4. The zero-order valence-electron chi connectivity index (χ0n) is 11.4. The van der Waals surface area contributed by atoms with Crippen LogP contribution in [0.25, 0.3) is 0 Å². The summed E-state index contributed by atoms with van der Waals surface area (Å²) in [5, 5.41) is 3.39. The van der Waals surface area contributed by atoms with E-state index in [0.717, 1.165) is 18.6 Å². The number of hydrogen-bond donors (Lipinski definition) is 0. The summed E-state index contributed by atoms with van der Waals surface area (Å²) in [5.74, 6) is 0. The van der Waals surface area contributed by atoms with E-state index >= 15 is 0 Å². The van der Waals surface area contributed by atoms with E-state index in [1.165, 1.54) is 49.6 Å². The van der Waals surface area contributed by atoms with Crippen LogP contribution in [0.1, 0.15) is 36.9 Å². The zero-order chi connectivity index (χ0) is 12.5. The first-order valence-corrected chi connectivity index (χ1v) is 7.99. The minimum atomic E-state index is 0.799. The zero-order valence-corrected chi connectivity index (χ0v) is 12.2. The summed E-state index contributed by atoms with van der Waals surface area (Å²) in [6.45, 7) is 9.31. The Kier molecular flexibility index (Phi) is 3.68. The predicted molar refractivity (Wildman–Crippen MR) is 75.9 cm³/mol. The van der Waals surface area contributed by atoms with Crippen molar-refractivity contribution in [2.75, 3.05) is 19.6 Å². The summed E-state index contributed by atoms with van der Waals surface area (Å²) in [6.07, 6.45) is 4.21. The maximum Gasteiger partial charge on any atom is 0.0897 e. The molecule has 3 rings (SSSR count). The van der Waals surface area contributed by atoms with Crippen molar-refractivity contribution in [2.45, 2.75) is 51.7 Å². The number of nitrogens with zero attached hydrogens (tertiary/aromatic N) is 3. The van der Waals surface area contributed by atoms with E-state index in [-0.39, 0.29) is 0 Å². The molecular weight excluding hydrogens is 242 g/mol. The molecule has 18 heavy (non-hydrogen) atoms. The molecule has 0 aliphatic carbocycles. The molecule has 0 radical (unpaired) electrons. The molecular formula is C14H23N3S. The third kappa shape index (κ3) is 2.60. The van der Waals surface area contributed by atoms with E-state index < -0.39 is 0 Å². The van der Waals surface area contributed by atoms with Gasteiger partial charge in [-0.1, -0.05) is 6.42 Å². The Morgan fingerprint density at radius 1 is 1.39 bits per heavy atom. The van der Waals surface area contributed by atoms with Gasteiger partial charge >= 0.3 is 0 Å². The van der Waals surface area contributed by atoms with Gasteiger partial charge < -0.3 is 0 Å². The van der Waals surface area contributed by atoms with Crippen LogP contribution in [0, 0.1) is 6.92 Å². The summed E-state index contributed by atoms with van der Waals surface area (Å²) in [4.78, 5) is 9.80. The maximum absolute atomic E-state index is 4.55. The van der Waals surface area contributed by atoms with Crippen LogP contribution >= 0.6 is 11.3 Å². The third-order valence-electron chi connectivity index (χ3n) is 4.31. The minimum absolute atomic E-state index is 0.799. The van der Waals surface area contributed by atoms with Crippen molar-refractivity contribution in [1.29, 1.82) is 0 Å². The first-order valence-electron chi connectivity index (χ1n) is 7.11. The Labute approximate surface area is 114 Å². The standard InChI is InChI=1S/C14H23N3S/c1-11-5-3-4-6-17(11)14-8-16(9-14)7-13-10-18-12(2)15-13/h10-11,14H,3-9H2,1-2H3/t11-/m0/s1. The van der Waals surface area contributed by atoms with Crippen LogP contribution in [0.5, 0.6) is 0 Å². The Morgan fingerprint density at radius 2 is 2.22 bits per heavy atom. The monoisotopic (exact) mass is 265 g/mol. The molecule has 0 spiro atoms.